The molecule has 2 heteroatoms. The van der Waals surface area contributed by atoms with Crippen molar-refractivity contribution in [3.05, 3.63) is 0 Å². The first kappa shape index (κ1) is 7.28. The van der Waals surface area contributed by atoms with Gasteiger partial charge >= 0.3 is 0 Å². The van der Waals surface area contributed by atoms with E-state index in [9.17, 15) is 4.39 Å². The zero-order chi connectivity index (χ0) is 5.91. The molecule has 0 radical (unpaired) electrons. The van der Waals surface area contributed by atoms with Crippen molar-refractivity contribution in [2.45, 2.75) is 25.3 Å². The molecule has 0 amide bonds. The van der Waals surface area contributed by atoms with Crippen molar-refractivity contribution in [3.8, 4) is 0 Å². The van der Waals surface area contributed by atoms with Gasteiger partial charge in [0.05, 0.1) is 0 Å². The number of rotatable bonds is 2. The monoisotopic (exact) mass is 122 g/mol. The first-order chi connectivity index (χ1) is 3.12. The largest absolute Gasteiger partial charge is 0.232 e. The zero-order valence-corrected chi connectivity index (χ0v) is 5.81. The van der Waals surface area contributed by atoms with Gasteiger partial charge in [0.15, 0.2) is 5.00 Å². The Morgan fingerprint density at radius 2 is 2.14 bits per heavy atom. The molecule has 0 fully saturated rings. The topological polar surface area (TPSA) is 0 Å². The van der Waals surface area contributed by atoms with Crippen molar-refractivity contribution in [3.63, 3.8) is 0 Å². The number of hydrogen-bond acceptors (Lipinski definition) is 1. The third-order valence-electron chi connectivity index (χ3n) is 1.06. The van der Waals surface area contributed by atoms with Crippen LogP contribution in [0.2, 0.25) is 0 Å². The fourth-order valence-corrected chi connectivity index (χ4v) is 0.433. The number of alkyl halides is 1. The van der Waals surface area contributed by atoms with E-state index in [1.165, 1.54) is 11.8 Å². The van der Waals surface area contributed by atoms with Gasteiger partial charge < -0.3 is 0 Å². The highest BCUT2D eigenvalue weighted by atomic mass is 32.2. The molecule has 0 aromatic carbocycles. The predicted molar refractivity (Wildman–Crippen MR) is 33.3 cm³/mol. The molecule has 0 aliphatic rings. The maximum Gasteiger partial charge on any atom is 0.153 e. The number of hydrogen-bond donors (Lipinski definition) is 0. The molecule has 0 rings (SSSR count). The summed E-state index contributed by atoms with van der Waals surface area (Å²) in [6.07, 6.45) is 2.37. The van der Waals surface area contributed by atoms with Crippen molar-refractivity contribution in [2.24, 2.45) is 0 Å². The fraction of sp³-hybridized carbons (Fsp3) is 1.00. The van der Waals surface area contributed by atoms with Gasteiger partial charge in [-0.2, -0.15) is 0 Å². The summed E-state index contributed by atoms with van der Waals surface area (Å²) >= 11 is 1.26. The second-order valence-electron chi connectivity index (χ2n) is 1.66. The quantitative estimate of drug-likeness (QED) is 0.542. The van der Waals surface area contributed by atoms with E-state index in [0.29, 0.717) is 6.42 Å². The minimum absolute atomic E-state index is 0.591. The summed E-state index contributed by atoms with van der Waals surface area (Å²) in [5.74, 6) is 0. The summed E-state index contributed by atoms with van der Waals surface area (Å²) in [4.78, 5) is 0. The molecule has 0 aromatic heterocycles. The lowest BCUT2D eigenvalue weighted by molar-refractivity contribution is 0.308. The molecule has 0 aromatic rings. The van der Waals surface area contributed by atoms with E-state index in [4.69, 9.17) is 0 Å². The summed E-state index contributed by atoms with van der Waals surface area (Å²) in [6.45, 7) is 3.44. The molecule has 0 heterocycles. The van der Waals surface area contributed by atoms with Crippen LogP contribution in [0.25, 0.3) is 0 Å². The van der Waals surface area contributed by atoms with E-state index in [1.54, 1.807) is 13.2 Å². The van der Waals surface area contributed by atoms with Crippen LogP contribution >= 0.6 is 11.8 Å². The van der Waals surface area contributed by atoms with Gasteiger partial charge in [-0.05, 0) is 19.6 Å². The highest BCUT2D eigenvalue weighted by Gasteiger charge is 2.16. The van der Waals surface area contributed by atoms with Gasteiger partial charge in [0.2, 0.25) is 0 Å². The molecule has 0 aliphatic heterocycles. The van der Waals surface area contributed by atoms with Crippen LogP contribution in [0.4, 0.5) is 4.39 Å². The SMILES string of the molecule is CCC(C)(F)SC. The van der Waals surface area contributed by atoms with Crippen molar-refractivity contribution in [1.29, 1.82) is 0 Å². The average molecular weight is 122 g/mol. The van der Waals surface area contributed by atoms with E-state index in [-0.39, 0.29) is 0 Å². The maximum absolute atomic E-state index is 12.5. The minimum Gasteiger partial charge on any atom is -0.232 e. The molecule has 7 heavy (non-hydrogen) atoms. The van der Waals surface area contributed by atoms with Crippen LogP contribution in [0, 0.1) is 0 Å². The molecule has 0 bridgehead atoms. The maximum atomic E-state index is 12.5. The van der Waals surface area contributed by atoms with Gasteiger partial charge in [0.25, 0.3) is 0 Å². The van der Waals surface area contributed by atoms with Gasteiger partial charge in [-0.15, -0.1) is 11.8 Å². The summed E-state index contributed by atoms with van der Waals surface area (Å²) in [5.41, 5.74) is 0. The standard InChI is InChI=1S/C5H11FS/c1-4-5(2,6)7-3/h4H2,1-3H3. The van der Waals surface area contributed by atoms with E-state index < -0.39 is 5.00 Å². The minimum atomic E-state index is -1.00. The van der Waals surface area contributed by atoms with Crippen LogP contribution in [-0.2, 0) is 0 Å². The molecule has 0 aliphatic carbocycles. The molecular formula is C5H11FS. The number of halogens is 1. The Bertz CT molecular complexity index is 46.0. The van der Waals surface area contributed by atoms with Crippen molar-refractivity contribution in [2.75, 3.05) is 6.26 Å². The highest BCUT2D eigenvalue weighted by Crippen LogP contribution is 2.26. The van der Waals surface area contributed by atoms with Gasteiger partial charge in [0, 0.05) is 0 Å². The van der Waals surface area contributed by atoms with Gasteiger partial charge in [-0.3, -0.25) is 0 Å². The molecule has 0 saturated carbocycles. The summed E-state index contributed by atoms with van der Waals surface area (Å²) in [7, 11) is 0. The van der Waals surface area contributed by atoms with Gasteiger partial charge in [-0.25, -0.2) is 4.39 Å². The van der Waals surface area contributed by atoms with E-state index in [1.807, 2.05) is 6.92 Å². The molecule has 1 atom stereocenters. The van der Waals surface area contributed by atoms with Crippen molar-refractivity contribution >= 4 is 11.8 Å². The smallest absolute Gasteiger partial charge is 0.153 e. The van der Waals surface area contributed by atoms with E-state index in [0.717, 1.165) is 0 Å². The Kier molecular flexibility index (Phi) is 2.66. The Morgan fingerprint density at radius 1 is 1.71 bits per heavy atom. The molecule has 0 nitrogen and oxygen atoms in total. The van der Waals surface area contributed by atoms with Crippen LogP contribution in [-0.4, -0.2) is 11.3 Å². The van der Waals surface area contributed by atoms with Crippen LogP contribution < -0.4 is 0 Å². The van der Waals surface area contributed by atoms with Crippen LogP contribution in [0.15, 0.2) is 0 Å². The Balaban J connectivity index is 3.36. The second kappa shape index (κ2) is 2.55. The summed E-state index contributed by atoms with van der Waals surface area (Å²) in [6, 6.07) is 0. The first-order valence-corrected chi connectivity index (χ1v) is 3.59. The van der Waals surface area contributed by atoms with Crippen LogP contribution in [0.5, 0.6) is 0 Å². The second-order valence-corrected chi connectivity index (χ2v) is 2.92. The van der Waals surface area contributed by atoms with E-state index in [2.05, 4.69) is 0 Å². The Labute approximate surface area is 48.5 Å². The highest BCUT2D eigenvalue weighted by molar-refractivity contribution is 7.99. The predicted octanol–water partition coefficient (Wildman–Crippen LogP) is 2.45. The van der Waals surface area contributed by atoms with E-state index >= 15 is 0 Å². The zero-order valence-electron chi connectivity index (χ0n) is 4.99. The molecule has 0 saturated heterocycles. The molecule has 44 valence electrons. The van der Waals surface area contributed by atoms with Gasteiger partial charge in [0.1, 0.15) is 0 Å². The average Bonchev–Trinajstić information content (AvgIpc) is 1.68. The molecule has 1 unspecified atom stereocenters. The third kappa shape index (κ3) is 2.92. The molecule has 0 spiro atoms. The Morgan fingerprint density at radius 3 is 2.14 bits per heavy atom. The normalized spacial score (nSPS) is 18.9. The number of thioether (sulfide) groups is 1. The summed E-state index contributed by atoms with van der Waals surface area (Å²) in [5, 5.41) is -1.00. The Hall–Kier alpha value is 0.280. The third-order valence-corrected chi connectivity index (χ3v) is 2.20. The molecular weight excluding hydrogens is 111 g/mol. The van der Waals surface area contributed by atoms with Crippen molar-refractivity contribution < 1.29 is 4.39 Å². The lowest BCUT2D eigenvalue weighted by atomic mass is 10.3. The van der Waals surface area contributed by atoms with Crippen LogP contribution in [0.3, 0.4) is 0 Å². The lowest BCUT2D eigenvalue weighted by Crippen LogP contribution is -2.08. The summed E-state index contributed by atoms with van der Waals surface area (Å²) < 4.78 is 12.5. The van der Waals surface area contributed by atoms with Crippen molar-refractivity contribution in [1.82, 2.24) is 0 Å². The van der Waals surface area contributed by atoms with Crippen LogP contribution in [0.1, 0.15) is 20.3 Å². The first-order valence-electron chi connectivity index (χ1n) is 2.36. The fourth-order valence-electron chi connectivity index (χ4n) is 0.144. The molecule has 0 N–H and O–H groups in total. The van der Waals surface area contributed by atoms with Gasteiger partial charge in [-0.1, -0.05) is 6.92 Å². The lowest BCUT2D eigenvalue weighted by Gasteiger charge is -2.12.